The first kappa shape index (κ1) is 59.6. The average molecular weight is 1110 g/mol. The summed E-state index contributed by atoms with van der Waals surface area (Å²) in [6.07, 6.45) is 10.4. The van der Waals surface area contributed by atoms with Gasteiger partial charge in [-0.3, -0.25) is 43.3 Å². The number of H-pyrrole nitrogens is 2. The zero-order valence-electron chi connectivity index (χ0n) is 43.4. The average Bonchev–Trinajstić information content (AvgIpc) is 4.18. The highest BCUT2D eigenvalue weighted by molar-refractivity contribution is 7.80. The normalized spacial score (nSPS) is 17.3. The summed E-state index contributed by atoms with van der Waals surface area (Å²) in [6.45, 7) is 1.43. The highest BCUT2D eigenvalue weighted by atomic mass is 32.1. The van der Waals surface area contributed by atoms with Gasteiger partial charge in [-0.25, -0.2) is 14.7 Å². The molecule has 78 heavy (non-hydrogen) atoms. The number of carbonyl (C=O) groups is 9. The summed E-state index contributed by atoms with van der Waals surface area (Å²) >= 11 is 8.45. The Morgan fingerprint density at radius 1 is 0.718 bits per heavy atom. The van der Waals surface area contributed by atoms with Crippen molar-refractivity contribution in [2.24, 2.45) is 28.1 Å². The van der Waals surface area contributed by atoms with Gasteiger partial charge in [0.1, 0.15) is 48.3 Å². The fraction of sp³-hybridized carbons (Fsp3) is 0.481. The van der Waals surface area contributed by atoms with Gasteiger partial charge < -0.3 is 64.4 Å². The lowest BCUT2D eigenvalue weighted by Crippen LogP contribution is -2.60. The van der Waals surface area contributed by atoms with Crippen molar-refractivity contribution in [2.75, 3.05) is 18.1 Å². The molecule has 2 aromatic heterocycles. The number of imide groups is 1. The molecule has 26 heteroatoms. The quantitative estimate of drug-likeness (QED) is 0.0111. The Morgan fingerprint density at radius 2 is 1.33 bits per heavy atom. The number of rotatable bonds is 29. The number of benzene rings is 2. The van der Waals surface area contributed by atoms with Gasteiger partial charge in [-0.2, -0.15) is 25.3 Å². The molecule has 1 saturated heterocycles. The minimum atomic E-state index is -1.40. The van der Waals surface area contributed by atoms with Gasteiger partial charge in [-0.1, -0.05) is 80.6 Å². The van der Waals surface area contributed by atoms with Crippen LogP contribution in [0.1, 0.15) is 81.5 Å². The van der Waals surface area contributed by atoms with E-state index in [1.807, 2.05) is 24.3 Å². The predicted octanol–water partition coefficient (Wildman–Crippen LogP) is -0.104. The fourth-order valence-electron chi connectivity index (χ4n) is 9.57. The van der Waals surface area contributed by atoms with Crippen molar-refractivity contribution < 1.29 is 43.2 Å². The Kier molecular flexibility index (Phi) is 22.3. The number of aromatic amines is 2. The number of para-hydroxylation sites is 1. The Balaban J connectivity index is 1.19. The molecule has 2 fully saturated rings. The smallest absolute Gasteiger partial charge is 0.325 e. The maximum atomic E-state index is 14.7. The van der Waals surface area contributed by atoms with Crippen molar-refractivity contribution in [3.63, 3.8) is 0 Å². The minimum Gasteiger partial charge on any atom is -0.370 e. The number of fused-ring (bicyclic) bond motifs is 1. The second-order valence-electron chi connectivity index (χ2n) is 19.6. The molecule has 4 aromatic rings. The van der Waals surface area contributed by atoms with E-state index in [0.29, 0.717) is 24.1 Å². The molecule has 15 N–H and O–H groups in total. The number of nitrogens with two attached hydrogens (primary N) is 3. The van der Waals surface area contributed by atoms with Crippen LogP contribution in [-0.2, 0) is 57.6 Å². The number of amides is 10. The molecule has 6 rings (SSSR count). The number of imidazole rings is 1. The zero-order valence-corrected chi connectivity index (χ0v) is 45.2. The Hall–Kier alpha value is -7.61. The van der Waals surface area contributed by atoms with E-state index in [0.717, 1.165) is 53.5 Å². The van der Waals surface area contributed by atoms with Crippen LogP contribution in [0.5, 0.6) is 0 Å². The number of aryl methyl sites for hydroxylation is 1. The lowest BCUT2D eigenvalue weighted by atomic mass is 9.85. The zero-order chi connectivity index (χ0) is 56.3. The van der Waals surface area contributed by atoms with E-state index in [4.69, 9.17) is 17.2 Å². The van der Waals surface area contributed by atoms with Crippen LogP contribution in [0, 0.1) is 5.92 Å². The summed E-state index contributed by atoms with van der Waals surface area (Å²) in [7, 11) is 0. The lowest BCUT2D eigenvalue weighted by Gasteiger charge is -2.28. The van der Waals surface area contributed by atoms with Gasteiger partial charge in [0, 0.05) is 59.9 Å². The van der Waals surface area contributed by atoms with Gasteiger partial charge >= 0.3 is 6.03 Å². The second kappa shape index (κ2) is 29.2. The van der Waals surface area contributed by atoms with Gasteiger partial charge in [0.25, 0.3) is 5.91 Å². The van der Waals surface area contributed by atoms with E-state index < -0.39 is 102 Å². The molecule has 1 aliphatic heterocycles. The van der Waals surface area contributed by atoms with Crippen molar-refractivity contribution in [1.82, 2.24) is 57.1 Å². The number of hydrogen-bond donors (Lipinski definition) is 14. The molecule has 0 bridgehead atoms. The predicted molar refractivity (Wildman–Crippen MR) is 297 cm³/mol. The maximum Gasteiger partial charge on any atom is 0.325 e. The Bertz CT molecular complexity index is 2750. The van der Waals surface area contributed by atoms with Gasteiger partial charge in [-0.05, 0) is 62.1 Å². The number of guanidine groups is 1. The lowest BCUT2D eigenvalue weighted by molar-refractivity contribution is -0.137. The van der Waals surface area contributed by atoms with E-state index in [1.54, 1.807) is 36.5 Å². The summed E-state index contributed by atoms with van der Waals surface area (Å²) in [4.78, 5) is 139. The van der Waals surface area contributed by atoms with E-state index in [-0.39, 0.29) is 62.0 Å². The number of urea groups is 1. The van der Waals surface area contributed by atoms with E-state index >= 15 is 0 Å². The van der Waals surface area contributed by atoms with E-state index in [9.17, 15) is 43.2 Å². The first-order chi connectivity index (χ1) is 37.5. The van der Waals surface area contributed by atoms with Crippen molar-refractivity contribution >= 4 is 95.4 Å². The van der Waals surface area contributed by atoms with Gasteiger partial charge in [0.05, 0.1) is 6.33 Å². The van der Waals surface area contributed by atoms with Crippen molar-refractivity contribution in [1.29, 1.82) is 0 Å². The molecule has 0 radical (unpaired) electrons. The highest BCUT2D eigenvalue weighted by Crippen LogP contribution is 2.29. The highest BCUT2D eigenvalue weighted by Gasteiger charge is 2.45. The van der Waals surface area contributed by atoms with Crippen LogP contribution < -0.4 is 54.4 Å². The topological polar surface area (TPSA) is 376 Å². The maximum absolute atomic E-state index is 14.7. The molecule has 420 valence electrons. The molecule has 3 heterocycles. The second-order valence-corrected chi connectivity index (χ2v) is 20.3. The standard InChI is InChI=1S/C52H71N15O9S2/c1-29(60-49(74)42(27-78)67-50(75)40(66-52(67)76)22-31-13-6-3-7-14-31)44(69)63-39(23-33-25-56-28-59-33)48(73)64-38(21-30-11-4-2-5-12-30)47(72)61-36(17-10-20-57-51(54)55)45(70)62-37(46(71)65-41(26-77)43(53)68)19-18-32-24-58-35-16-9-8-15-34(32)35/h2,4-5,8-9,11-12,15-16,24-25,28-29,31,36-42,58,77-78H,3,6-7,10,13-14,17-23,26-27H2,1H3,(H2,53,68)(H,56,59)(H,60,74)(H,61,72)(H,62,70)(H,63,69)(H,64,73)(H,65,71)(H,66,76)(H4,54,55,57)/t29-,36+,37+,38-,39+,40+,41+,42+/m1/s1. The molecule has 1 aliphatic carbocycles. The number of primary amides is 1. The number of nitrogens with zero attached hydrogens (tertiary/aromatic N) is 3. The summed E-state index contributed by atoms with van der Waals surface area (Å²) in [5, 5.41) is 19.7. The van der Waals surface area contributed by atoms with Crippen molar-refractivity contribution in [2.45, 2.75) is 132 Å². The largest absolute Gasteiger partial charge is 0.370 e. The van der Waals surface area contributed by atoms with Crippen molar-refractivity contribution in [3.05, 3.63) is 90.1 Å². The number of hydrogen-bond acceptors (Lipinski definition) is 13. The molecule has 24 nitrogen and oxygen atoms in total. The monoisotopic (exact) mass is 1110 g/mol. The van der Waals surface area contributed by atoms with Crippen LogP contribution in [0.4, 0.5) is 4.79 Å². The van der Waals surface area contributed by atoms with Crippen LogP contribution in [0.3, 0.4) is 0 Å². The number of aliphatic imine (C=N–C) groups is 1. The summed E-state index contributed by atoms with van der Waals surface area (Å²) < 4.78 is 0. The molecular formula is C52H71N15O9S2. The third kappa shape index (κ3) is 16.9. The summed E-state index contributed by atoms with van der Waals surface area (Å²) in [6, 6.07) is 5.51. The first-order valence-corrected chi connectivity index (χ1v) is 27.3. The van der Waals surface area contributed by atoms with Crippen LogP contribution in [0.15, 0.2) is 78.3 Å². The SMILES string of the molecule is C[C@@H](NC(=O)[C@H](CS)N1C(=O)N[C@@H](CC2CCCCC2)C1=O)C(=O)N[C@@H](Cc1cnc[nH]1)C(=O)N[C@H](Cc1ccccc1)C(=O)N[C@@H](CCCN=C(N)N)C(=O)N[C@@H](CCc1c[nH]c2ccccc12)C(=O)N[C@@H](CS)C(N)=O. The molecule has 2 aliphatic rings. The number of carbonyl (C=O) groups excluding carboxylic acids is 9. The molecular weight excluding hydrogens is 1040 g/mol. The van der Waals surface area contributed by atoms with Crippen LogP contribution in [0.2, 0.25) is 0 Å². The minimum absolute atomic E-state index is 0.0501. The van der Waals surface area contributed by atoms with Crippen LogP contribution >= 0.6 is 25.3 Å². The summed E-state index contributed by atoms with van der Waals surface area (Å²) in [5.74, 6) is -6.49. The third-order valence-corrected chi connectivity index (χ3v) is 14.6. The van der Waals surface area contributed by atoms with E-state index in [2.05, 4.69) is 82.4 Å². The molecule has 2 aromatic carbocycles. The van der Waals surface area contributed by atoms with Gasteiger partial charge in [-0.15, -0.1) is 0 Å². The van der Waals surface area contributed by atoms with Crippen LogP contribution in [0.25, 0.3) is 10.9 Å². The molecule has 10 amide bonds. The van der Waals surface area contributed by atoms with Gasteiger partial charge in [0.15, 0.2) is 5.96 Å². The number of aromatic nitrogens is 3. The Morgan fingerprint density at radius 3 is 1.97 bits per heavy atom. The number of nitrogens with one attached hydrogen (secondary N) is 9. The van der Waals surface area contributed by atoms with Crippen LogP contribution in [-0.4, -0.2) is 145 Å². The van der Waals surface area contributed by atoms with E-state index in [1.165, 1.54) is 19.4 Å². The third-order valence-electron chi connectivity index (χ3n) is 13.8. The fourth-order valence-corrected chi connectivity index (χ4v) is 10.2. The molecule has 0 spiro atoms. The Labute approximate surface area is 462 Å². The molecule has 1 saturated carbocycles. The van der Waals surface area contributed by atoms with Gasteiger partial charge in [0.2, 0.25) is 41.4 Å². The summed E-state index contributed by atoms with van der Waals surface area (Å²) in [5.41, 5.74) is 19.4. The number of thiol groups is 2. The van der Waals surface area contributed by atoms with Crippen molar-refractivity contribution in [3.8, 4) is 0 Å². The molecule has 8 atom stereocenters. The first-order valence-electron chi connectivity index (χ1n) is 26.0. The molecule has 0 unspecified atom stereocenters.